The second-order valence-corrected chi connectivity index (χ2v) is 7.49. The van der Waals surface area contributed by atoms with Crippen molar-refractivity contribution in [3.63, 3.8) is 0 Å². The van der Waals surface area contributed by atoms with Crippen LogP contribution >= 0.6 is 0 Å². The Morgan fingerprint density at radius 2 is 1.96 bits per heavy atom. The molecule has 0 aromatic heterocycles. The number of aryl methyl sites for hydroxylation is 1. The van der Waals surface area contributed by atoms with Crippen LogP contribution in [0.2, 0.25) is 0 Å². The number of benzene rings is 2. The molecule has 0 saturated carbocycles. The summed E-state index contributed by atoms with van der Waals surface area (Å²) < 4.78 is 42.2. The molecule has 0 aliphatic carbocycles. The molecule has 0 unspecified atom stereocenters. The molecule has 0 bridgehead atoms. The van der Waals surface area contributed by atoms with Crippen LogP contribution in [0.5, 0.6) is 0 Å². The normalized spacial score (nSPS) is 18.9. The highest BCUT2D eigenvalue weighted by molar-refractivity contribution is 5.87. The molecule has 1 heterocycles. The number of carbonyl (C=O) groups excluding carboxylic acids is 1. The molecule has 0 spiro atoms. The van der Waals surface area contributed by atoms with E-state index in [1.807, 2.05) is 18.2 Å². The minimum absolute atomic E-state index is 0.0327. The lowest BCUT2D eigenvalue weighted by Gasteiger charge is -2.38. The van der Waals surface area contributed by atoms with Crippen molar-refractivity contribution in [2.75, 3.05) is 0 Å². The maximum Gasteiger partial charge on any atom is 0.409 e. The Hall–Kier alpha value is -2.08. The highest BCUT2D eigenvalue weighted by atomic mass is 19.4. The lowest BCUT2D eigenvalue weighted by Crippen LogP contribution is -2.51. The maximum atomic E-state index is 14.1. The molecule has 6 heteroatoms. The molecule has 3 nitrogen and oxygen atoms in total. The van der Waals surface area contributed by atoms with Crippen LogP contribution in [0.3, 0.4) is 0 Å². The molecule has 3 rings (SSSR count). The molecule has 26 heavy (non-hydrogen) atoms. The van der Waals surface area contributed by atoms with Crippen molar-refractivity contribution in [2.24, 2.45) is 0 Å². The Bertz CT molecular complexity index is 829. The Kier molecular flexibility index (Phi) is 4.73. The van der Waals surface area contributed by atoms with E-state index in [0.29, 0.717) is 5.39 Å². The van der Waals surface area contributed by atoms with E-state index >= 15 is 0 Å². The van der Waals surface area contributed by atoms with E-state index in [4.69, 9.17) is 0 Å². The molecule has 1 aliphatic heterocycles. The van der Waals surface area contributed by atoms with Crippen molar-refractivity contribution in [2.45, 2.75) is 57.8 Å². The third-order valence-electron chi connectivity index (χ3n) is 4.87. The minimum Gasteiger partial charge on any atom is -0.287 e. The molecule has 1 fully saturated rings. The molecule has 1 aliphatic rings. The van der Waals surface area contributed by atoms with Gasteiger partial charge in [-0.05, 0) is 42.2 Å². The fourth-order valence-electron chi connectivity index (χ4n) is 3.72. The van der Waals surface area contributed by atoms with E-state index in [-0.39, 0.29) is 12.0 Å². The van der Waals surface area contributed by atoms with Crippen molar-refractivity contribution in [3.8, 4) is 0 Å². The fourth-order valence-corrected chi connectivity index (χ4v) is 3.72. The lowest BCUT2D eigenvalue weighted by atomic mass is 9.93. The van der Waals surface area contributed by atoms with Crippen molar-refractivity contribution in [1.82, 2.24) is 10.4 Å². The van der Waals surface area contributed by atoms with Gasteiger partial charge >= 0.3 is 6.18 Å². The van der Waals surface area contributed by atoms with Gasteiger partial charge in [0.15, 0.2) is 6.04 Å². The second-order valence-electron chi connectivity index (χ2n) is 7.49. The summed E-state index contributed by atoms with van der Waals surface area (Å²) in [5.41, 5.74) is 2.76. The highest BCUT2D eigenvalue weighted by Crippen LogP contribution is 2.44. The molecule has 1 saturated heterocycles. The monoisotopic (exact) mass is 364 g/mol. The number of rotatable bonds is 4. The summed E-state index contributed by atoms with van der Waals surface area (Å²) in [5, 5.41) is 2.40. The Labute approximate surface area is 151 Å². The number of halogens is 3. The summed E-state index contributed by atoms with van der Waals surface area (Å²) in [6, 6.07) is 8.68. The standard InChI is InChI=1S/C20H23F3N2O/c1-4-6-13-9-10-15-14(11-13)7-5-8-16(15)18(20(21,22)23)25-19(2,3)12-17(26)24-25/h5,7-11,18H,4,6,12H2,1-3H3,(H,24,26)/t18-/m0/s1. The number of hydrogen-bond donors (Lipinski definition) is 1. The van der Waals surface area contributed by atoms with E-state index in [2.05, 4.69) is 12.3 Å². The van der Waals surface area contributed by atoms with Gasteiger partial charge in [-0.25, -0.2) is 0 Å². The number of hydrogen-bond acceptors (Lipinski definition) is 2. The van der Waals surface area contributed by atoms with Crippen LogP contribution in [0.4, 0.5) is 13.2 Å². The predicted molar refractivity (Wildman–Crippen MR) is 95.4 cm³/mol. The van der Waals surface area contributed by atoms with Crippen molar-refractivity contribution < 1.29 is 18.0 Å². The Morgan fingerprint density at radius 3 is 2.54 bits per heavy atom. The molecule has 0 radical (unpaired) electrons. The van der Waals surface area contributed by atoms with Gasteiger partial charge in [-0.3, -0.25) is 10.2 Å². The van der Waals surface area contributed by atoms with Crippen LogP contribution in [0.15, 0.2) is 36.4 Å². The minimum atomic E-state index is -4.52. The topological polar surface area (TPSA) is 32.3 Å². The quantitative estimate of drug-likeness (QED) is 0.836. The Balaban J connectivity index is 2.15. The first kappa shape index (κ1) is 18.7. The van der Waals surface area contributed by atoms with Crippen molar-refractivity contribution in [3.05, 3.63) is 47.5 Å². The van der Waals surface area contributed by atoms with Gasteiger partial charge in [0, 0.05) is 12.0 Å². The Morgan fingerprint density at radius 1 is 1.23 bits per heavy atom. The van der Waals surface area contributed by atoms with Crippen LogP contribution in [-0.4, -0.2) is 22.6 Å². The zero-order valence-corrected chi connectivity index (χ0v) is 15.2. The number of amides is 1. The first-order valence-corrected chi connectivity index (χ1v) is 8.80. The number of fused-ring (bicyclic) bond motifs is 1. The lowest BCUT2D eigenvalue weighted by molar-refractivity contribution is -0.203. The third-order valence-corrected chi connectivity index (χ3v) is 4.87. The van der Waals surface area contributed by atoms with E-state index in [1.54, 1.807) is 26.0 Å². The van der Waals surface area contributed by atoms with E-state index in [9.17, 15) is 18.0 Å². The van der Waals surface area contributed by atoms with Gasteiger partial charge in [-0.15, -0.1) is 0 Å². The first-order chi connectivity index (χ1) is 12.1. The summed E-state index contributed by atoms with van der Waals surface area (Å²) in [6.07, 6.45) is -2.63. The summed E-state index contributed by atoms with van der Waals surface area (Å²) in [6.45, 7) is 5.36. The first-order valence-electron chi connectivity index (χ1n) is 8.80. The number of carbonyl (C=O) groups is 1. The number of nitrogens with zero attached hydrogens (tertiary/aromatic N) is 1. The molecule has 2 aromatic carbocycles. The summed E-state index contributed by atoms with van der Waals surface area (Å²) in [7, 11) is 0. The van der Waals surface area contributed by atoms with Gasteiger partial charge in [-0.1, -0.05) is 49.7 Å². The van der Waals surface area contributed by atoms with Crippen LogP contribution in [0, 0.1) is 0 Å². The number of alkyl halides is 3. The van der Waals surface area contributed by atoms with Crippen LogP contribution in [0.25, 0.3) is 10.8 Å². The van der Waals surface area contributed by atoms with Crippen molar-refractivity contribution in [1.29, 1.82) is 0 Å². The SMILES string of the molecule is CCCc1ccc2c([C@H](N3NC(=O)CC3(C)C)C(F)(F)F)cccc2c1. The number of nitrogens with one attached hydrogen (secondary N) is 1. The molecular weight excluding hydrogens is 341 g/mol. The zero-order chi connectivity index (χ0) is 19.1. The second kappa shape index (κ2) is 6.58. The van der Waals surface area contributed by atoms with Gasteiger partial charge in [0.25, 0.3) is 0 Å². The van der Waals surface area contributed by atoms with Gasteiger partial charge in [0.2, 0.25) is 5.91 Å². The van der Waals surface area contributed by atoms with Gasteiger partial charge in [0.1, 0.15) is 0 Å². The van der Waals surface area contributed by atoms with Crippen molar-refractivity contribution >= 4 is 16.7 Å². The largest absolute Gasteiger partial charge is 0.409 e. The number of hydrazine groups is 1. The summed E-state index contributed by atoms with van der Waals surface area (Å²) >= 11 is 0. The predicted octanol–water partition coefficient (Wildman–Crippen LogP) is 4.91. The van der Waals surface area contributed by atoms with Gasteiger partial charge < -0.3 is 0 Å². The average Bonchev–Trinajstić information content (AvgIpc) is 2.79. The maximum absolute atomic E-state index is 14.1. The third kappa shape index (κ3) is 3.43. The molecular formula is C20H23F3N2O. The molecule has 2 aromatic rings. The summed E-state index contributed by atoms with van der Waals surface area (Å²) in [4.78, 5) is 11.8. The highest BCUT2D eigenvalue weighted by Gasteiger charge is 2.53. The van der Waals surface area contributed by atoms with E-state index in [0.717, 1.165) is 28.8 Å². The molecule has 140 valence electrons. The van der Waals surface area contributed by atoms with Gasteiger partial charge in [-0.2, -0.15) is 18.2 Å². The molecule has 1 amide bonds. The fraction of sp³-hybridized carbons (Fsp3) is 0.450. The van der Waals surface area contributed by atoms with Crippen LogP contribution < -0.4 is 5.43 Å². The smallest absolute Gasteiger partial charge is 0.287 e. The van der Waals surface area contributed by atoms with Crippen LogP contribution in [-0.2, 0) is 11.2 Å². The summed E-state index contributed by atoms with van der Waals surface area (Å²) in [5.74, 6) is -0.394. The van der Waals surface area contributed by atoms with E-state index in [1.165, 1.54) is 6.07 Å². The zero-order valence-electron chi connectivity index (χ0n) is 15.2. The molecule has 1 atom stereocenters. The van der Waals surface area contributed by atoms with E-state index < -0.39 is 23.7 Å². The average molecular weight is 364 g/mol. The molecule has 1 N–H and O–H groups in total. The van der Waals surface area contributed by atoms with Gasteiger partial charge in [0.05, 0.1) is 0 Å². The van der Waals surface area contributed by atoms with Crippen LogP contribution in [0.1, 0.15) is 50.8 Å².